The van der Waals surface area contributed by atoms with Gasteiger partial charge in [0, 0.05) is 12.6 Å². The Bertz CT molecular complexity index is 1010. The SMILES string of the molecule is O=C(COC(=O)c1ccc(Cl)c(S(=O)(=O)NCc2ccccc2)c1)NC1CCCC1. The van der Waals surface area contributed by atoms with Gasteiger partial charge in [0.05, 0.1) is 10.6 Å². The molecule has 0 radical (unpaired) electrons. The van der Waals surface area contributed by atoms with Gasteiger partial charge < -0.3 is 10.1 Å². The second-order valence-corrected chi connectivity index (χ2v) is 9.22. The summed E-state index contributed by atoms with van der Waals surface area (Å²) in [5, 5.41) is 2.80. The number of esters is 1. The zero-order valence-electron chi connectivity index (χ0n) is 16.3. The number of sulfonamides is 1. The molecule has 1 saturated carbocycles. The average Bonchev–Trinajstić information content (AvgIpc) is 3.24. The number of amides is 1. The molecular weight excluding hydrogens is 428 g/mol. The van der Waals surface area contributed by atoms with Crippen molar-refractivity contribution in [3.8, 4) is 0 Å². The molecular formula is C21H23ClN2O5S. The molecule has 0 aliphatic heterocycles. The van der Waals surface area contributed by atoms with Gasteiger partial charge in [-0.25, -0.2) is 17.9 Å². The maximum atomic E-state index is 12.6. The molecule has 1 aliphatic rings. The van der Waals surface area contributed by atoms with Crippen molar-refractivity contribution in [2.75, 3.05) is 6.61 Å². The summed E-state index contributed by atoms with van der Waals surface area (Å²) in [6.07, 6.45) is 4.00. The van der Waals surface area contributed by atoms with Gasteiger partial charge in [0.2, 0.25) is 10.0 Å². The summed E-state index contributed by atoms with van der Waals surface area (Å²) in [5.41, 5.74) is 0.772. The number of halogens is 1. The third-order valence-electron chi connectivity index (χ3n) is 4.82. The Morgan fingerprint density at radius 2 is 1.77 bits per heavy atom. The summed E-state index contributed by atoms with van der Waals surface area (Å²) < 4.78 is 32.8. The van der Waals surface area contributed by atoms with E-state index in [1.165, 1.54) is 12.1 Å². The summed E-state index contributed by atoms with van der Waals surface area (Å²) in [5.74, 6) is -1.17. The fraction of sp³-hybridized carbons (Fsp3) is 0.333. The molecule has 0 spiro atoms. The van der Waals surface area contributed by atoms with E-state index in [9.17, 15) is 18.0 Å². The Morgan fingerprint density at radius 1 is 1.07 bits per heavy atom. The minimum atomic E-state index is -3.96. The van der Waals surface area contributed by atoms with Gasteiger partial charge in [-0.15, -0.1) is 0 Å². The van der Waals surface area contributed by atoms with E-state index < -0.39 is 22.6 Å². The molecule has 0 bridgehead atoms. The normalized spacial score (nSPS) is 14.4. The first kappa shape index (κ1) is 22.3. The van der Waals surface area contributed by atoms with E-state index in [0.717, 1.165) is 37.3 Å². The van der Waals surface area contributed by atoms with Gasteiger partial charge in [-0.05, 0) is 36.6 Å². The van der Waals surface area contributed by atoms with Crippen LogP contribution in [0.2, 0.25) is 5.02 Å². The van der Waals surface area contributed by atoms with Gasteiger partial charge in [0.1, 0.15) is 4.90 Å². The summed E-state index contributed by atoms with van der Waals surface area (Å²) in [6, 6.07) is 12.9. The molecule has 3 rings (SSSR count). The van der Waals surface area contributed by atoms with Crippen molar-refractivity contribution in [2.24, 2.45) is 0 Å². The maximum Gasteiger partial charge on any atom is 0.338 e. The monoisotopic (exact) mass is 450 g/mol. The first-order valence-corrected chi connectivity index (χ1v) is 11.5. The maximum absolute atomic E-state index is 12.6. The Labute approximate surface area is 180 Å². The second-order valence-electron chi connectivity index (χ2n) is 7.08. The molecule has 1 aliphatic carbocycles. The van der Waals surface area contributed by atoms with Gasteiger partial charge in [0.15, 0.2) is 6.61 Å². The fourth-order valence-electron chi connectivity index (χ4n) is 3.24. The molecule has 1 fully saturated rings. The van der Waals surface area contributed by atoms with E-state index in [2.05, 4.69) is 10.0 Å². The van der Waals surface area contributed by atoms with Gasteiger partial charge in [-0.2, -0.15) is 0 Å². The molecule has 30 heavy (non-hydrogen) atoms. The number of benzene rings is 2. The largest absolute Gasteiger partial charge is 0.452 e. The minimum absolute atomic E-state index is 0.00634. The van der Waals surface area contributed by atoms with Crippen LogP contribution in [-0.2, 0) is 26.1 Å². The first-order valence-electron chi connectivity index (χ1n) is 9.65. The average molecular weight is 451 g/mol. The highest BCUT2D eigenvalue weighted by Gasteiger charge is 2.22. The Kier molecular flexibility index (Phi) is 7.47. The van der Waals surface area contributed by atoms with Crippen molar-refractivity contribution >= 4 is 33.5 Å². The summed E-state index contributed by atoms with van der Waals surface area (Å²) in [6.45, 7) is -0.345. The van der Waals surface area contributed by atoms with Crippen LogP contribution in [0.3, 0.4) is 0 Å². The number of ether oxygens (including phenoxy) is 1. The van der Waals surface area contributed by atoms with E-state index in [1.807, 2.05) is 6.07 Å². The Hall–Kier alpha value is -2.42. The lowest BCUT2D eigenvalue weighted by Gasteiger charge is -2.12. The molecule has 2 aromatic carbocycles. The third-order valence-corrected chi connectivity index (χ3v) is 6.70. The highest BCUT2D eigenvalue weighted by molar-refractivity contribution is 7.89. The molecule has 2 aromatic rings. The van der Waals surface area contributed by atoms with Crippen molar-refractivity contribution in [3.63, 3.8) is 0 Å². The van der Waals surface area contributed by atoms with Crippen molar-refractivity contribution in [1.82, 2.24) is 10.0 Å². The smallest absolute Gasteiger partial charge is 0.338 e. The Morgan fingerprint density at radius 3 is 2.47 bits per heavy atom. The van der Waals surface area contributed by atoms with Crippen LogP contribution >= 0.6 is 11.6 Å². The van der Waals surface area contributed by atoms with Crippen molar-refractivity contribution in [2.45, 2.75) is 43.2 Å². The minimum Gasteiger partial charge on any atom is -0.452 e. The number of hydrogen-bond acceptors (Lipinski definition) is 5. The van der Waals surface area contributed by atoms with Crippen molar-refractivity contribution < 1.29 is 22.7 Å². The number of rotatable bonds is 8. The van der Waals surface area contributed by atoms with Crippen LogP contribution in [0.25, 0.3) is 0 Å². The molecule has 0 saturated heterocycles. The lowest BCUT2D eigenvalue weighted by atomic mass is 10.2. The zero-order chi connectivity index (χ0) is 21.6. The summed E-state index contributed by atoms with van der Waals surface area (Å²) >= 11 is 6.05. The van der Waals surface area contributed by atoms with Gasteiger partial charge in [-0.3, -0.25) is 4.79 Å². The van der Waals surface area contributed by atoms with E-state index in [1.54, 1.807) is 24.3 Å². The highest BCUT2D eigenvalue weighted by atomic mass is 35.5. The molecule has 0 unspecified atom stereocenters. The van der Waals surface area contributed by atoms with Crippen LogP contribution in [0.4, 0.5) is 0 Å². The molecule has 0 aromatic heterocycles. The van der Waals surface area contributed by atoms with E-state index in [0.29, 0.717) is 0 Å². The van der Waals surface area contributed by atoms with Crippen LogP contribution < -0.4 is 10.0 Å². The molecule has 0 heterocycles. The molecule has 7 nitrogen and oxygen atoms in total. The van der Waals surface area contributed by atoms with Crippen LogP contribution in [0.5, 0.6) is 0 Å². The third kappa shape index (κ3) is 6.04. The van der Waals surface area contributed by atoms with Crippen LogP contribution in [0.1, 0.15) is 41.6 Å². The number of carbonyl (C=O) groups is 2. The second kappa shape index (κ2) is 10.1. The predicted molar refractivity (Wildman–Crippen MR) is 113 cm³/mol. The van der Waals surface area contributed by atoms with Crippen LogP contribution in [0, 0.1) is 0 Å². The summed E-state index contributed by atoms with van der Waals surface area (Å²) in [4.78, 5) is 24.0. The topological polar surface area (TPSA) is 102 Å². The number of hydrogen-bond donors (Lipinski definition) is 2. The van der Waals surface area contributed by atoms with Gasteiger partial charge in [-0.1, -0.05) is 54.8 Å². The predicted octanol–water partition coefficient (Wildman–Crippen LogP) is 3.03. The lowest BCUT2D eigenvalue weighted by Crippen LogP contribution is -2.35. The molecule has 1 amide bonds. The van der Waals surface area contributed by atoms with Gasteiger partial charge >= 0.3 is 5.97 Å². The van der Waals surface area contributed by atoms with Gasteiger partial charge in [0.25, 0.3) is 5.91 Å². The van der Waals surface area contributed by atoms with Crippen LogP contribution in [0.15, 0.2) is 53.4 Å². The van der Waals surface area contributed by atoms with Crippen LogP contribution in [-0.4, -0.2) is 32.9 Å². The fourth-order valence-corrected chi connectivity index (χ4v) is 4.78. The molecule has 2 N–H and O–H groups in total. The lowest BCUT2D eigenvalue weighted by molar-refractivity contribution is -0.124. The van der Waals surface area contributed by atoms with E-state index in [-0.39, 0.29) is 34.0 Å². The quantitative estimate of drug-likeness (QED) is 0.602. The highest BCUT2D eigenvalue weighted by Crippen LogP contribution is 2.23. The molecule has 160 valence electrons. The number of carbonyl (C=O) groups excluding carboxylic acids is 2. The van der Waals surface area contributed by atoms with E-state index >= 15 is 0 Å². The van der Waals surface area contributed by atoms with E-state index in [4.69, 9.17) is 16.3 Å². The zero-order valence-corrected chi connectivity index (χ0v) is 17.8. The van der Waals surface area contributed by atoms with Crippen molar-refractivity contribution in [1.29, 1.82) is 0 Å². The summed E-state index contributed by atoms with van der Waals surface area (Å²) in [7, 11) is -3.96. The first-order chi connectivity index (χ1) is 14.3. The standard InChI is InChI=1S/C21H23ClN2O5S/c22-18-11-10-16(21(26)29-14-20(25)24-17-8-4-5-9-17)12-19(18)30(27,28)23-13-15-6-2-1-3-7-15/h1-3,6-7,10-12,17,23H,4-5,8-9,13-14H2,(H,24,25). The Balaban J connectivity index is 1.63. The van der Waals surface area contributed by atoms with Crippen molar-refractivity contribution in [3.05, 3.63) is 64.7 Å². The molecule has 9 heteroatoms. The number of nitrogens with one attached hydrogen (secondary N) is 2. The molecule has 0 atom stereocenters.